The minimum atomic E-state index is 0. The second-order valence-electron chi connectivity index (χ2n) is 6.60. The summed E-state index contributed by atoms with van der Waals surface area (Å²) in [5.41, 5.74) is 3.97. The van der Waals surface area contributed by atoms with Gasteiger partial charge in [-0.05, 0) is 48.9 Å². The van der Waals surface area contributed by atoms with Crippen LogP contribution in [0.3, 0.4) is 0 Å². The van der Waals surface area contributed by atoms with Crippen molar-refractivity contribution in [3.63, 3.8) is 0 Å². The third-order valence-electron chi connectivity index (χ3n) is 5.07. The number of methoxy groups -OCH3 is 1. The quantitative estimate of drug-likeness (QED) is 0.837. The third-order valence-corrected chi connectivity index (χ3v) is 5.07. The van der Waals surface area contributed by atoms with E-state index in [1.807, 2.05) is 6.20 Å². The van der Waals surface area contributed by atoms with Crippen LogP contribution in [-0.2, 0) is 24.1 Å². The van der Waals surface area contributed by atoms with E-state index >= 15 is 0 Å². The van der Waals surface area contributed by atoms with E-state index in [4.69, 9.17) is 9.47 Å². The van der Waals surface area contributed by atoms with Crippen LogP contribution in [0.25, 0.3) is 11.4 Å². The van der Waals surface area contributed by atoms with Crippen LogP contribution in [0, 0.1) is 0 Å². The summed E-state index contributed by atoms with van der Waals surface area (Å²) in [4.78, 5) is 4.61. The van der Waals surface area contributed by atoms with Crippen molar-refractivity contribution in [2.24, 2.45) is 0 Å². The number of rotatable bonds is 5. The minimum absolute atomic E-state index is 0. The van der Waals surface area contributed by atoms with Crippen molar-refractivity contribution in [3.05, 3.63) is 35.7 Å². The van der Waals surface area contributed by atoms with Crippen molar-refractivity contribution in [1.29, 1.82) is 0 Å². The molecule has 0 amide bonds. The number of halogens is 2. The highest BCUT2D eigenvalue weighted by Crippen LogP contribution is 2.35. The Morgan fingerprint density at radius 3 is 2.81 bits per heavy atom. The van der Waals surface area contributed by atoms with E-state index in [0.717, 1.165) is 62.6 Å². The van der Waals surface area contributed by atoms with Crippen molar-refractivity contribution >= 4 is 24.8 Å². The maximum atomic E-state index is 5.81. The molecule has 7 heteroatoms. The number of imidazole rings is 1. The Morgan fingerprint density at radius 1 is 1.27 bits per heavy atom. The third kappa shape index (κ3) is 4.34. The van der Waals surface area contributed by atoms with Gasteiger partial charge in [-0.2, -0.15) is 0 Å². The lowest BCUT2D eigenvalue weighted by molar-refractivity contribution is 0.0211. The molecule has 4 rings (SSSR count). The molecule has 1 aromatic carbocycles. The molecule has 0 bridgehead atoms. The van der Waals surface area contributed by atoms with E-state index in [9.17, 15) is 0 Å². The average Bonchev–Trinajstić information content (AvgIpc) is 3.28. The summed E-state index contributed by atoms with van der Waals surface area (Å²) < 4.78 is 13.7. The molecule has 1 saturated heterocycles. The normalized spacial score (nSPS) is 18.6. The van der Waals surface area contributed by atoms with Gasteiger partial charge in [-0.15, -0.1) is 24.8 Å². The van der Waals surface area contributed by atoms with Gasteiger partial charge in [0.05, 0.1) is 25.4 Å². The Morgan fingerprint density at radius 2 is 2.08 bits per heavy atom. The first-order chi connectivity index (χ1) is 11.8. The summed E-state index contributed by atoms with van der Waals surface area (Å²) in [7, 11) is 1.75. The lowest BCUT2D eigenvalue weighted by Gasteiger charge is -2.24. The van der Waals surface area contributed by atoms with Gasteiger partial charge < -0.3 is 19.4 Å². The van der Waals surface area contributed by atoms with Gasteiger partial charge in [0, 0.05) is 32.0 Å². The van der Waals surface area contributed by atoms with Crippen molar-refractivity contribution in [2.45, 2.75) is 38.3 Å². The van der Waals surface area contributed by atoms with Crippen molar-refractivity contribution in [1.82, 2.24) is 14.9 Å². The zero-order valence-electron chi connectivity index (χ0n) is 15.1. The summed E-state index contributed by atoms with van der Waals surface area (Å²) in [5.74, 6) is 1.92. The zero-order valence-corrected chi connectivity index (χ0v) is 16.7. The SMILES string of the molecule is COc1cc2c(cc1-c1nccn1CCC1CNCCO1)CCC2.Cl.Cl. The average molecular weight is 400 g/mol. The molecule has 2 aromatic rings. The molecule has 1 aliphatic carbocycles. The van der Waals surface area contributed by atoms with Gasteiger partial charge in [-0.25, -0.2) is 4.98 Å². The predicted octanol–water partition coefficient (Wildman–Crippen LogP) is 3.27. The van der Waals surface area contributed by atoms with Crippen molar-refractivity contribution < 1.29 is 9.47 Å². The molecule has 0 radical (unpaired) electrons. The Kier molecular flexibility index (Phi) is 7.77. The van der Waals surface area contributed by atoms with Crippen LogP contribution in [0.15, 0.2) is 24.5 Å². The highest BCUT2D eigenvalue weighted by atomic mass is 35.5. The first kappa shape index (κ1) is 21.0. The van der Waals surface area contributed by atoms with Gasteiger partial charge in [0.2, 0.25) is 0 Å². The Hall–Kier alpha value is -1.27. The fraction of sp³-hybridized carbons (Fsp3) is 0.526. The number of aromatic nitrogens is 2. The number of benzene rings is 1. The van der Waals surface area contributed by atoms with E-state index in [1.54, 1.807) is 7.11 Å². The van der Waals surface area contributed by atoms with Gasteiger partial charge in [0.15, 0.2) is 0 Å². The number of nitrogens with one attached hydrogen (secondary N) is 1. The van der Waals surface area contributed by atoms with Crippen LogP contribution in [0.4, 0.5) is 0 Å². The first-order valence-corrected chi connectivity index (χ1v) is 8.89. The largest absolute Gasteiger partial charge is 0.496 e. The first-order valence-electron chi connectivity index (χ1n) is 8.89. The molecule has 2 aliphatic rings. The van der Waals surface area contributed by atoms with Crippen LogP contribution >= 0.6 is 24.8 Å². The van der Waals surface area contributed by atoms with Gasteiger partial charge in [0.25, 0.3) is 0 Å². The second kappa shape index (κ2) is 9.60. The number of morpholine rings is 1. The number of nitrogens with zero attached hydrogens (tertiary/aromatic N) is 2. The van der Waals surface area contributed by atoms with Crippen LogP contribution in [0.5, 0.6) is 5.75 Å². The lowest BCUT2D eigenvalue weighted by atomic mass is 10.0. The Bertz CT molecular complexity index is 715. The monoisotopic (exact) mass is 399 g/mol. The van der Waals surface area contributed by atoms with Gasteiger partial charge in [-0.1, -0.05) is 0 Å². The molecule has 1 fully saturated rings. The molecule has 1 unspecified atom stereocenters. The van der Waals surface area contributed by atoms with E-state index in [-0.39, 0.29) is 30.9 Å². The molecule has 1 aromatic heterocycles. The summed E-state index contributed by atoms with van der Waals surface area (Å²) in [6, 6.07) is 4.48. The molecule has 0 saturated carbocycles. The fourth-order valence-corrected chi connectivity index (χ4v) is 3.77. The minimum Gasteiger partial charge on any atom is -0.496 e. The van der Waals surface area contributed by atoms with Crippen LogP contribution in [-0.4, -0.2) is 42.5 Å². The molecule has 5 nitrogen and oxygen atoms in total. The highest BCUT2D eigenvalue weighted by Gasteiger charge is 2.19. The molecule has 1 atom stereocenters. The second-order valence-corrected chi connectivity index (χ2v) is 6.60. The maximum absolute atomic E-state index is 5.81. The molecule has 0 spiro atoms. The Labute approximate surface area is 167 Å². The van der Waals surface area contributed by atoms with Crippen LogP contribution < -0.4 is 10.1 Å². The van der Waals surface area contributed by atoms with Gasteiger partial charge in [-0.3, -0.25) is 0 Å². The topological polar surface area (TPSA) is 48.3 Å². The molecule has 2 heterocycles. The molecule has 144 valence electrons. The van der Waals surface area contributed by atoms with Gasteiger partial charge in [0.1, 0.15) is 11.6 Å². The number of aryl methyl sites for hydroxylation is 3. The zero-order chi connectivity index (χ0) is 16.4. The van der Waals surface area contributed by atoms with E-state index in [1.165, 1.54) is 17.5 Å². The standard InChI is InChI=1S/C19H25N3O2.2ClH/c1-23-18-12-15-4-2-3-14(15)11-17(18)19-21-6-9-22(19)8-5-16-13-20-7-10-24-16;;/h6,9,11-12,16,20H,2-5,7-8,10,13H2,1H3;2*1H. The number of ether oxygens (including phenoxy) is 2. The highest BCUT2D eigenvalue weighted by molar-refractivity contribution is 5.85. The number of hydrogen-bond acceptors (Lipinski definition) is 4. The van der Waals surface area contributed by atoms with Crippen molar-refractivity contribution in [3.8, 4) is 17.1 Å². The van der Waals surface area contributed by atoms with Gasteiger partial charge >= 0.3 is 0 Å². The van der Waals surface area contributed by atoms with E-state index < -0.39 is 0 Å². The van der Waals surface area contributed by atoms with Crippen LogP contribution in [0.1, 0.15) is 24.0 Å². The summed E-state index contributed by atoms with van der Waals surface area (Å²) in [6.07, 6.45) is 8.77. The van der Waals surface area contributed by atoms with E-state index in [0.29, 0.717) is 0 Å². The molecule has 1 aliphatic heterocycles. The maximum Gasteiger partial charge on any atom is 0.143 e. The molecular weight excluding hydrogens is 373 g/mol. The summed E-state index contributed by atoms with van der Waals surface area (Å²) in [5, 5.41) is 3.39. The molecule has 26 heavy (non-hydrogen) atoms. The number of fused-ring (bicyclic) bond motifs is 1. The summed E-state index contributed by atoms with van der Waals surface area (Å²) in [6.45, 7) is 3.60. The Balaban J connectivity index is 0.00000121. The fourth-order valence-electron chi connectivity index (χ4n) is 3.77. The smallest absolute Gasteiger partial charge is 0.143 e. The molecular formula is C19H27Cl2N3O2. The predicted molar refractivity (Wildman–Crippen MR) is 108 cm³/mol. The summed E-state index contributed by atoms with van der Waals surface area (Å²) >= 11 is 0. The lowest BCUT2D eigenvalue weighted by Crippen LogP contribution is -2.38. The molecule has 1 N–H and O–H groups in total. The van der Waals surface area contributed by atoms with Crippen LogP contribution in [0.2, 0.25) is 0 Å². The van der Waals surface area contributed by atoms with E-state index in [2.05, 4.69) is 33.2 Å². The van der Waals surface area contributed by atoms with Crippen molar-refractivity contribution in [2.75, 3.05) is 26.8 Å². The number of hydrogen-bond donors (Lipinski definition) is 1.